The summed E-state index contributed by atoms with van der Waals surface area (Å²) in [6.45, 7) is 12.5. The van der Waals surface area contributed by atoms with Crippen molar-refractivity contribution in [1.29, 1.82) is 0 Å². The maximum absolute atomic E-state index is 5.10. The Balaban J connectivity index is 0. The highest BCUT2D eigenvalue weighted by Gasteiger charge is 2.43. The van der Waals surface area contributed by atoms with Gasteiger partial charge >= 0.3 is 0 Å². The van der Waals surface area contributed by atoms with Crippen LogP contribution in [0.3, 0.4) is 0 Å². The van der Waals surface area contributed by atoms with Crippen molar-refractivity contribution in [3.05, 3.63) is 11.6 Å². The van der Waals surface area contributed by atoms with E-state index in [-0.39, 0.29) is 13.0 Å². The van der Waals surface area contributed by atoms with Crippen LogP contribution in [0, 0.1) is 0 Å². The summed E-state index contributed by atoms with van der Waals surface area (Å²) < 4.78 is 5.10. The van der Waals surface area contributed by atoms with Gasteiger partial charge in [0.1, 0.15) is 0 Å². The molecule has 0 amide bonds. The molecule has 1 aliphatic rings. The second-order valence-corrected chi connectivity index (χ2v) is 3.73. The minimum atomic E-state index is 0. The molecule has 74 valence electrons. The van der Waals surface area contributed by atoms with Gasteiger partial charge in [-0.25, -0.2) is 0 Å². The Morgan fingerprint density at radius 3 is 1.50 bits per heavy atom. The Morgan fingerprint density at radius 1 is 1.33 bits per heavy atom. The number of rotatable bonds is 0. The van der Waals surface area contributed by atoms with Crippen LogP contribution in [0.25, 0.3) is 0 Å². The van der Waals surface area contributed by atoms with Crippen molar-refractivity contribution in [2.45, 2.75) is 60.7 Å². The molecule has 1 rings (SSSR count). The SMILES string of the molecule is C.CC1OC1(C)C.CC=C(C)C. The van der Waals surface area contributed by atoms with Gasteiger partial charge in [0.05, 0.1) is 11.7 Å². The lowest BCUT2D eigenvalue weighted by molar-refractivity contribution is 0.328. The predicted molar refractivity (Wildman–Crippen MR) is 56.5 cm³/mol. The van der Waals surface area contributed by atoms with Gasteiger partial charge in [0, 0.05) is 0 Å². The molecule has 1 aliphatic heterocycles. The van der Waals surface area contributed by atoms with Gasteiger partial charge in [0.15, 0.2) is 0 Å². The predicted octanol–water partition coefficient (Wildman–Crippen LogP) is 3.79. The number of ether oxygens (including phenoxy) is 1. The highest BCUT2D eigenvalue weighted by molar-refractivity contribution is 4.90. The molecular formula is C11H24O. The van der Waals surface area contributed by atoms with Crippen molar-refractivity contribution in [2.24, 2.45) is 0 Å². The minimum absolute atomic E-state index is 0. The molecule has 1 fully saturated rings. The van der Waals surface area contributed by atoms with Crippen LogP contribution in [0.5, 0.6) is 0 Å². The molecule has 1 unspecified atom stereocenters. The molecule has 1 heterocycles. The van der Waals surface area contributed by atoms with Gasteiger partial charge in [0.25, 0.3) is 0 Å². The van der Waals surface area contributed by atoms with E-state index in [1.54, 1.807) is 0 Å². The van der Waals surface area contributed by atoms with Crippen molar-refractivity contribution in [1.82, 2.24) is 0 Å². The zero-order chi connectivity index (χ0) is 9.07. The normalized spacial score (nSPS) is 22.7. The summed E-state index contributed by atoms with van der Waals surface area (Å²) in [6, 6.07) is 0. The van der Waals surface area contributed by atoms with E-state index >= 15 is 0 Å². The molecule has 1 nitrogen and oxygen atoms in total. The van der Waals surface area contributed by atoms with Crippen molar-refractivity contribution in [3.8, 4) is 0 Å². The van der Waals surface area contributed by atoms with Crippen molar-refractivity contribution < 1.29 is 4.74 Å². The van der Waals surface area contributed by atoms with E-state index in [4.69, 9.17) is 4.74 Å². The largest absolute Gasteiger partial charge is 0.367 e. The summed E-state index contributed by atoms with van der Waals surface area (Å²) in [5.41, 5.74) is 1.59. The van der Waals surface area contributed by atoms with Gasteiger partial charge in [-0.05, 0) is 41.5 Å². The second kappa shape index (κ2) is 5.36. The van der Waals surface area contributed by atoms with Crippen molar-refractivity contribution >= 4 is 0 Å². The fourth-order valence-electron chi connectivity index (χ4n) is 0.422. The smallest absolute Gasteiger partial charge is 0.0889 e. The van der Waals surface area contributed by atoms with E-state index < -0.39 is 0 Å². The Labute approximate surface area is 77.8 Å². The van der Waals surface area contributed by atoms with Crippen molar-refractivity contribution in [2.75, 3.05) is 0 Å². The molecule has 0 N–H and O–H groups in total. The summed E-state index contributed by atoms with van der Waals surface area (Å²) >= 11 is 0. The van der Waals surface area contributed by atoms with E-state index in [0.29, 0.717) is 6.10 Å². The van der Waals surface area contributed by atoms with Crippen LogP contribution in [0.1, 0.15) is 49.0 Å². The van der Waals surface area contributed by atoms with Gasteiger partial charge in [0.2, 0.25) is 0 Å². The Bertz CT molecular complexity index is 141. The molecule has 0 aliphatic carbocycles. The highest BCUT2D eigenvalue weighted by Crippen LogP contribution is 2.33. The fraction of sp³-hybridized carbons (Fsp3) is 0.818. The zero-order valence-corrected chi connectivity index (χ0v) is 8.56. The third-order valence-electron chi connectivity index (χ3n) is 1.98. The Kier molecular flexibility index (Phi) is 6.36. The Hall–Kier alpha value is -0.300. The number of hydrogen-bond donors (Lipinski definition) is 0. The van der Waals surface area contributed by atoms with Crippen LogP contribution < -0.4 is 0 Å². The average molecular weight is 172 g/mol. The molecule has 12 heavy (non-hydrogen) atoms. The molecule has 0 radical (unpaired) electrons. The standard InChI is InChI=1S/C5H10O.C5H10.CH4/c1-4-5(2,3)6-4;1-4-5(2)3;/h4H,1-3H3;4H,1-3H3;1H4. The van der Waals surface area contributed by atoms with Crippen LogP contribution in [-0.2, 0) is 4.74 Å². The monoisotopic (exact) mass is 172 g/mol. The van der Waals surface area contributed by atoms with Crippen LogP contribution in [0.15, 0.2) is 11.6 Å². The zero-order valence-electron chi connectivity index (χ0n) is 8.56. The highest BCUT2D eigenvalue weighted by atomic mass is 16.6. The molecule has 0 aromatic carbocycles. The molecule has 1 atom stereocenters. The lowest BCUT2D eigenvalue weighted by Gasteiger charge is -1.84. The summed E-state index contributed by atoms with van der Waals surface area (Å²) in [6.07, 6.45) is 2.58. The molecule has 0 aromatic heterocycles. The van der Waals surface area contributed by atoms with E-state index in [9.17, 15) is 0 Å². The first-order valence-corrected chi connectivity index (χ1v) is 4.17. The van der Waals surface area contributed by atoms with Crippen LogP contribution in [-0.4, -0.2) is 11.7 Å². The third kappa shape index (κ3) is 6.41. The first-order valence-electron chi connectivity index (χ1n) is 4.17. The molecule has 0 aromatic rings. The van der Waals surface area contributed by atoms with E-state index in [1.165, 1.54) is 5.57 Å². The molecular weight excluding hydrogens is 148 g/mol. The van der Waals surface area contributed by atoms with Crippen molar-refractivity contribution in [3.63, 3.8) is 0 Å². The molecule has 1 saturated heterocycles. The molecule has 0 bridgehead atoms. The molecule has 1 heteroatoms. The van der Waals surface area contributed by atoms with Gasteiger partial charge in [-0.2, -0.15) is 0 Å². The van der Waals surface area contributed by atoms with Gasteiger partial charge in [-0.15, -0.1) is 0 Å². The summed E-state index contributed by atoms with van der Waals surface area (Å²) in [5.74, 6) is 0. The summed E-state index contributed by atoms with van der Waals surface area (Å²) in [7, 11) is 0. The van der Waals surface area contributed by atoms with E-state index in [1.807, 2.05) is 6.92 Å². The maximum Gasteiger partial charge on any atom is 0.0889 e. The lowest BCUT2D eigenvalue weighted by Crippen LogP contribution is -1.97. The van der Waals surface area contributed by atoms with E-state index in [0.717, 1.165) is 0 Å². The Morgan fingerprint density at radius 2 is 1.50 bits per heavy atom. The van der Waals surface area contributed by atoms with E-state index in [2.05, 4.69) is 40.7 Å². The number of hydrogen-bond acceptors (Lipinski definition) is 1. The first kappa shape index (κ1) is 14.2. The average Bonchev–Trinajstić information content (AvgIpc) is 2.39. The van der Waals surface area contributed by atoms with Crippen LogP contribution in [0.4, 0.5) is 0 Å². The fourth-order valence-corrected chi connectivity index (χ4v) is 0.422. The second-order valence-electron chi connectivity index (χ2n) is 3.73. The maximum atomic E-state index is 5.10. The quantitative estimate of drug-likeness (QED) is 0.400. The van der Waals surface area contributed by atoms with Crippen LogP contribution >= 0.6 is 0 Å². The van der Waals surface area contributed by atoms with Gasteiger partial charge in [-0.1, -0.05) is 19.1 Å². The number of allylic oxidation sites excluding steroid dienone is 2. The third-order valence-corrected chi connectivity index (χ3v) is 1.98. The van der Waals surface area contributed by atoms with Gasteiger partial charge < -0.3 is 4.74 Å². The first-order chi connectivity index (χ1) is 4.90. The van der Waals surface area contributed by atoms with Crippen LogP contribution in [0.2, 0.25) is 0 Å². The molecule has 0 saturated carbocycles. The molecule has 0 spiro atoms. The summed E-state index contributed by atoms with van der Waals surface area (Å²) in [4.78, 5) is 0. The van der Waals surface area contributed by atoms with Gasteiger partial charge in [-0.3, -0.25) is 0 Å². The topological polar surface area (TPSA) is 12.5 Å². The minimum Gasteiger partial charge on any atom is -0.367 e. The summed E-state index contributed by atoms with van der Waals surface area (Å²) in [5, 5.41) is 0. The lowest BCUT2D eigenvalue weighted by atomic mass is 10.2. The number of epoxide rings is 1.